The molecule has 1 amide bonds. The van der Waals surface area contributed by atoms with Crippen LogP contribution in [0.15, 0.2) is 29.2 Å². The molecule has 2 heterocycles. The molecule has 0 saturated carbocycles. The monoisotopic (exact) mass is 464 g/mol. The number of piperazine rings is 1. The van der Waals surface area contributed by atoms with Crippen molar-refractivity contribution in [2.45, 2.75) is 69.9 Å². The smallest absolute Gasteiger partial charge is 0.243 e. The summed E-state index contributed by atoms with van der Waals surface area (Å²) in [6.07, 6.45) is 4.61. The van der Waals surface area contributed by atoms with Gasteiger partial charge in [0, 0.05) is 64.3 Å². The second kappa shape index (κ2) is 11.6. The standard InChI is InChI=1S/C24H40N4O3S/c1-4-22-8-10-23(11-9-22)32(30,31)27(15-12-24(29)26-16-13-25-14-17-26)18-19-28-20(2)6-5-7-21(28)3/h8-11,20-21,25H,4-7,12-19H2,1-3H3. The van der Waals surface area contributed by atoms with Crippen molar-refractivity contribution in [2.24, 2.45) is 0 Å². The van der Waals surface area contributed by atoms with Gasteiger partial charge in [-0.25, -0.2) is 8.42 Å². The maximum atomic E-state index is 13.5. The fourth-order valence-electron chi connectivity index (χ4n) is 4.83. The van der Waals surface area contributed by atoms with Crippen molar-refractivity contribution in [1.82, 2.24) is 19.4 Å². The van der Waals surface area contributed by atoms with Gasteiger partial charge in [-0.1, -0.05) is 25.5 Å². The molecule has 1 N–H and O–H groups in total. The number of likely N-dealkylation sites (tertiary alicyclic amines) is 1. The maximum Gasteiger partial charge on any atom is 0.243 e. The molecule has 0 spiro atoms. The summed E-state index contributed by atoms with van der Waals surface area (Å²) in [5, 5.41) is 3.25. The molecule has 7 nitrogen and oxygen atoms in total. The number of carbonyl (C=O) groups excluding carboxylic acids is 1. The van der Waals surface area contributed by atoms with Gasteiger partial charge in [0.05, 0.1) is 4.90 Å². The van der Waals surface area contributed by atoms with Gasteiger partial charge in [-0.2, -0.15) is 4.31 Å². The highest BCUT2D eigenvalue weighted by Crippen LogP contribution is 2.23. The minimum Gasteiger partial charge on any atom is -0.340 e. The van der Waals surface area contributed by atoms with Gasteiger partial charge in [-0.3, -0.25) is 9.69 Å². The van der Waals surface area contributed by atoms with E-state index in [9.17, 15) is 13.2 Å². The predicted octanol–water partition coefficient (Wildman–Crippen LogP) is 2.32. The highest BCUT2D eigenvalue weighted by Gasteiger charge is 2.29. The molecule has 2 unspecified atom stereocenters. The van der Waals surface area contributed by atoms with Crippen molar-refractivity contribution >= 4 is 15.9 Å². The van der Waals surface area contributed by atoms with Crippen molar-refractivity contribution in [3.63, 3.8) is 0 Å². The van der Waals surface area contributed by atoms with Crippen molar-refractivity contribution in [3.8, 4) is 0 Å². The van der Waals surface area contributed by atoms with Crippen LogP contribution in [0.1, 0.15) is 52.0 Å². The van der Waals surface area contributed by atoms with Gasteiger partial charge in [0.15, 0.2) is 0 Å². The molecule has 2 atom stereocenters. The minimum atomic E-state index is -3.66. The number of amides is 1. The lowest BCUT2D eigenvalue weighted by molar-refractivity contribution is -0.131. The Hall–Kier alpha value is -1.48. The van der Waals surface area contributed by atoms with Crippen LogP contribution in [0.3, 0.4) is 0 Å². The number of sulfonamides is 1. The molecule has 0 aliphatic carbocycles. The van der Waals surface area contributed by atoms with E-state index in [1.54, 1.807) is 12.1 Å². The zero-order chi connectivity index (χ0) is 23.1. The second-order valence-corrected chi connectivity index (χ2v) is 11.1. The summed E-state index contributed by atoms with van der Waals surface area (Å²) < 4.78 is 28.6. The van der Waals surface area contributed by atoms with E-state index in [0.717, 1.165) is 37.9 Å². The van der Waals surface area contributed by atoms with Gasteiger partial charge in [-0.15, -0.1) is 0 Å². The Labute approximate surface area is 194 Å². The summed E-state index contributed by atoms with van der Waals surface area (Å²) in [7, 11) is -3.66. The number of rotatable bonds is 9. The zero-order valence-corrected chi connectivity index (χ0v) is 20.7. The van der Waals surface area contributed by atoms with E-state index in [1.165, 1.54) is 10.7 Å². The molecule has 0 radical (unpaired) electrons. The highest BCUT2D eigenvalue weighted by atomic mass is 32.2. The number of hydrogen-bond acceptors (Lipinski definition) is 5. The fraction of sp³-hybridized carbons (Fsp3) is 0.708. The summed E-state index contributed by atoms with van der Waals surface area (Å²) in [5.41, 5.74) is 1.11. The van der Waals surface area contributed by atoms with Gasteiger partial charge in [-0.05, 0) is 50.8 Å². The third kappa shape index (κ3) is 6.31. The molecule has 0 bridgehead atoms. The quantitative estimate of drug-likeness (QED) is 0.607. The van der Waals surface area contributed by atoms with Crippen LogP contribution in [0, 0.1) is 0 Å². The van der Waals surface area contributed by atoms with E-state index in [0.29, 0.717) is 43.2 Å². The first kappa shape index (κ1) is 25.1. The number of piperidine rings is 1. The van der Waals surface area contributed by atoms with Crippen molar-refractivity contribution < 1.29 is 13.2 Å². The molecule has 8 heteroatoms. The number of nitrogens with zero attached hydrogens (tertiary/aromatic N) is 3. The van der Waals surface area contributed by atoms with E-state index >= 15 is 0 Å². The third-order valence-electron chi connectivity index (χ3n) is 7.00. The molecule has 180 valence electrons. The normalized spacial score (nSPS) is 22.9. The average Bonchev–Trinajstić information content (AvgIpc) is 2.80. The Balaban J connectivity index is 1.73. The van der Waals surface area contributed by atoms with E-state index in [-0.39, 0.29) is 18.9 Å². The van der Waals surface area contributed by atoms with E-state index in [2.05, 4.69) is 31.0 Å². The minimum absolute atomic E-state index is 0.0349. The lowest BCUT2D eigenvalue weighted by Crippen LogP contribution is -2.49. The molecule has 3 rings (SSSR count). The van der Waals surface area contributed by atoms with Crippen LogP contribution in [-0.4, -0.2) is 86.3 Å². The summed E-state index contributed by atoms with van der Waals surface area (Å²) in [5.74, 6) is 0.0349. The molecule has 2 fully saturated rings. The van der Waals surface area contributed by atoms with Gasteiger partial charge in [0.1, 0.15) is 0 Å². The lowest BCUT2D eigenvalue weighted by Gasteiger charge is -2.40. The Morgan fingerprint density at radius 1 is 1.06 bits per heavy atom. The summed E-state index contributed by atoms with van der Waals surface area (Å²) in [4.78, 5) is 17.3. The van der Waals surface area contributed by atoms with Crippen LogP contribution in [0.25, 0.3) is 0 Å². The second-order valence-electron chi connectivity index (χ2n) is 9.15. The van der Waals surface area contributed by atoms with Crippen molar-refractivity contribution in [3.05, 3.63) is 29.8 Å². The molecule has 0 aromatic heterocycles. The van der Waals surface area contributed by atoms with Crippen LogP contribution in [0.2, 0.25) is 0 Å². The van der Waals surface area contributed by atoms with Gasteiger partial charge in [0.2, 0.25) is 15.9 Å². The lowest BCUT2D eigenvalue weighted by atomic mass is 9.98. The van der Waals surface area contributed by atoms with Crippen LogP contribution in [0.5, 0.6) is 0 Å². The van der Waals surface area contributed by atoms with Crippen LogP contribution >= 0.6 is 0 Å². The topological polar surface area (TPSA) is 73.0 Å². The summed E-state index contributed by atoms with van der Waals surface area (Å²) in [6, 6.07) is 8.07. The summed E-state index contributed by atoms with van der Waals surface area (Å²) >= 11 is 0. The highest BCUT2D eigenvalue weighted by molar-refractivity contribution is 7.89. The molecule has 2 saturated heterocycles. The average molecular weight is 465 g/mol. The molecule has 1 aromatic carbocycles. The first-order chi connectivity index (χ1) is 15.3. The predicted molar refractivity (Wildman–Crippen MR) is 128 cm³/mol. The Morgan fingerprint density at radius 3 is 2.28 bits per heavy atom. The molecule has 2 aliphatic heterocycles. The third-order valence-corrected chi connectivity index (χ3v) is 8.91. The fourth-order valence-corrected chi connectivity index (χ4v) is 6.27. The van der Waals surface area contributed by atoms with Crippen molar-refractivity contribution in [2.75, 3.05) is 45.8 Å². The number of nitrogens with one attached hydrogen (secondary N) is 1. The van der Waals surface area contributed by atoms with Gasteiger partial charge in [0.25, 0.3) is 0 Å². The number of carbonyl (C=O) groups is 1. The first-order valence-electron chi connectivity index (χ1n) is 12.2. The molecular weight excluding hydrogens is 424 g/mol. The van der Waals surface area contributed by atoms with Gasteiger partial charge >= 0.3 is 0 Å². The van der Waals surface area contributed by atoms with Gasteiger partial charge < -0.3 is 10.2 Å². The molecule has 1 aromatic rings. The number of hydrogen-bond donors (Lipinski definition) is 1. The number of benzene rings is 1. The number of aryl methyl sites for hydroxylation is 1. The molecule has 2 aliphatic rings. The zero-order valence-electron chi connectivity index (χ0n) is 19.9. The van der Waals surface area contributed by atoms with Crippen LogP contribution in [0.4, 0.5) is 0 Å². The van der Waals surface area contributed by atoms with E-state index in [1.807, 2.05) is 17.0 Å². The van der Waals surface area contributed by atoms with E-state index < -0.39 is 10.0 Å². The Morgan fingerprint density at radius 2 is 1.69 bits per heavy atom. The SMILES string of the molecule is CCc1ccc(S(=O)(=O)N(CCC(=O)N2CCNCC2)CCN2C(C)CCCC2C)cc1. The Kier molecular flexibility index (Phi) is 9.11. The van der Waals surface area contributed by atoms with Crippen molar-refractivity contribution in [1.29, 1.82) is 0 Å². The maximum absolute atomic E-state index is 13.5. The molecular formula is C24H40N4O3S. The largest absolute Gasteiger partial charge is 0.340 e. The first-order valence-corrected chi connectivity index (χ1v) is 13.6. The van der Waals surface area contributed by atoms with Crippen LogP contribution < -0.4 is 5.32 Å². The molecule has 32 heavy (non-hydrogen) atoms. The summed E-state index contributed by atoms with van der Waals surface area (Å²) in [6.45, 7) is 10.8. The Bertz CT molecular complexity index is 827. The van der Waals surface area contributed by atoms with E-state index in [4.69, 9.17) is 0 Å². The van der Waals surface area contributed by atoms with Crippen LogP contribution in [-0.2, 0) is 21.2 Å².